The predicted molar refractivity (Wildman–Crippen MR) is 69.5 cm³/mol. The minimum absolute atomic E-state index is 0.341. The Labute approximate surface area is 106 Å². The number of ether oxygens (including phenoxy) is 1. The lowest BCUT2D eigenvalue weighted by atomic mass is 10.1. The minimum atomic E-state index is -0.378. The molecule has 5 heteroatoms. The van der Waals surface area contributed by atoms with Crippen molar-refractivity contribution in [3.05, 3.63) is 28.8 Å². The van der Waals surface area contributed by atoms with Crippen LogP contribution in [0.4, 0.5) is 5.69 Å². The smallest absolute Gasteiger partial charge is 0.337 e. The Kier molecular flexibility index (Phi) is 5.25. The van der Waals surface area contributed by atoms with Gasteiger partial charge in [0, 0.05) is 6.54 Å². The standard InChI is InChI=1S/C12H17ClN2O2/c1-8(6-14)7-15-11-5-9(12(16)17-2)3-4-10(11)13/h3-5,8,15H,6-7,14H2,1-2H3. The van der Waals surface area contributed by atoms with Crippen LogP contribution < -0.4 is 11.1 Å². The summed E-state index contributed by atoms with van der Waals surface area (Å²) in [6.45, 7) is 3.34. The van der Waals surface area contributed by atoms with Crippen LogP contribution in [0.5, 0.6) is 0 Å². The Bertz CT molecular complexity index is 396. The summed E-state index contributed by atoms with van der Waals surface area (Å²) in [6, 6.07) is 4.98. The molecule has 0 heterocycles. The first-order valence-corrected chi connectivity index (χ1v) is 5.78. The van der Waals surface area contributed by atoms with E-state index in [2.05, 4.69) is 10.1 Å². The number of esters is 1. The number of halogens is 1. The molecule has 0 aliphatic carbocycles. The molecule has 1 atom stereocenters. The zero-order chi connectivity index (χ0) is 12.8. The summed E-state index contributed by atoms with van der Waals surface area (Å²) in [5.74, 6) is -0.0376. The average Bonchev–Trinajstić information content (AvgIpc) is 2.36. The highest BCUT2D eigenvalue weighted by atomic mass is 35.5. The van der Waals surface area contributed by atoms with Crippen molar-refractivity contribution >= 4 is 23.3 Å². The van der Waals surface area contributed by atoms with Crippen molar-refractivity contribution in [3.8, 4) is 0 Å². The highest BCUT2D eigenvalue weighted by Crippen LogP contribution is 2.23. The lowest BCUT2D eigenvalue weighted by Gasteiger charge is -2.13. The van der Waals surface area contributed by atoms with Gasteiger partial charge in [-0.05, 0) is 30.7 Å². The molecule has 94 valence electrons. The van der Waals surface area contributed by atoms with Crippen molar-refractivity contribution in [3.63, 3.8) is 0 Å². The van der Waals surface area contributed by atoms with Gasteiger partial charge in [-0.2, -0.15) is 0 Å². The van der Waals surface area contributed by atoms with Crippen molar-refractivity contribution in [2.45, 2.75) is 6.92 Å². The van der Waals surface area contributed by atoms with Gasteiger partial charge in [0.1, 0.15) is 0 Å². The van der Waals surface area contributed by atoms with Gasteiger partial charge >= 0.3 is 5.97 Å². The number of nitrogens with one attached hydrogen (secondary N) is 1. The third-order valence-electron chi connectivity index (χ3n) is 2.43. The fourth-order valence-electron chi connectivity index (χ4n) is 1.27. The van der Waals surface area contributed by atoms with E-state index in [1.54, 1.807) is 18.2 Å². The molecule has 3 N–H and O–H groups in total. The summed E-state index contributed by atoms with van der Waals surface area (Å²) in [5, 5.41) is 3.73. The van der Waals surface area contributed by atoms with Crippen molar-refractivity contribution in [2.24, 2.45) is 11.7 Å². The first kappa shape index (κ1) is 13.8. The molecule has 0 amide bonds. The molecule has 4 nitrogen and oxygen atoms in total. The molecule has 0 aromatic heterocycles. The summed E-state index contributed by atoms with van der Waals surface area (Å²) >= 11 is 6.02. The maximum absolute atomic E-state index is 11.4. The predicted octanol–water partition coefficient (Wildman–Crippen LogP) is 2.13. The molecule has 1 aromatic rings. The number of anilines is 1. The van der Waals surface area contributed by atoms with Crippen LogP contribution in [-0.2, 0) is 4.74 Å². The van der Waals surface area contributed by atoms with E-state index in [0.29, 0.717) is 29.6 Å². The van der Waals surface area contributed by atoms with Gasteiger partial charge in [0.05, 0.1) is 23.4 Å². The third-order valence-corrected chi connectivity index (χ3v) is 2.76. The van der Waals surface area contributed by atoms with Crippen molar-refractivity contribution in [1.82, 2.24) is 0 Å². The first-order valence-electron chi connectivity index (χ1n) is 5.40. The Balaban J connectivity index is 2.80. The lowest BCUT2D eigenvalue weighted by Crippen LogP contribution is -2.20. The Morgan fingerprint density at radius 3 is 2.88 bits per heavy atom. The van der Waals surface area contributed by atoms with E-state index >= 15 is 0 Å². The molecule has 0 fully saturated rings. The quantitative estimate of drug-likeness (QED) is 0.793. The van der Waals surface area contributed by atoms with Gasteiger partial charge in [0.25, 0.3) is 0 Å². The second-order valence-corrected chi connectivity index (χ2v) is 4.32. The van der Waals surface area contributed by atoms with Crippen molar-refractivity contribution in [1.29, 1.82) is 0 Å². The Morgan fingerprint density at radius 2 is 2.29 bits per heavy atom. The Hall–Kier alpha value is -1.26. The van der Waals surface area contributed by atoms with E-state index < -0.39 is 0 Å². The summed E-state index contributed by atoms with van der Waals surface area (Å²) < 4.78 is 4.65. The van der Waals surface area contributed by atoms with E-state index in [4.69, 9.17) is 17.3 Å². The van der Waals surface area contributed by atoms with Crippen LogP contribution in [0.25, 0.3) is 0 Å². The monoisotopic (exact) mass is 256 g/mol. The molecule has 1 aromatic carbocycles. The summed E-state index contributed by atoms with van der Waals surface area (Å²) in [4.78, 5) is 11.4. The number of benzene rings is 1. The number of nitrogens with two attached hydrogens (primary N) is 1. The number of hydrogen-bond acceptors (Lipinski definition) is 4. The summed E-state index contributed by atoms with van der Waals surface area (Å²) in [5.41, 5.74) is 6.72. The molecule has 17 heavy (non-hydrogen) atoms. The van der Waals surface area contributed by atoms with Gasteiger partial charge in [-0.3, -0.25) is 0 Å². The number of carbonyl (C=O) groups excluding carboxylic acids is 1. The van der Waals surface area contributed by atoms with E-state index in [9.17, 15) is 4.79 Å². The summed E-state index contributed by atoms with van der Waals surface area (Å²) in [7, 11) is 1.35. The molecule has 0 aliphatic heterocycles. The third kappa shape index (κ3) is 3.91. The first-order chi connectivity index (χ1) is 8.08. The van der Waals surface area contributed by atoms with Crippen LogP contribution in [0.1, 0.15) is 17.3 Å². The molecule has 0 aliphatic rings. The Morgan fingerprint density at radius 1 is 1.59 bits per heavy atom. The topological polar surface area (TPSA) is 64.3 Å². The van der Waals surface area contributed by atoms with Crippen LogP contribution >= 0.6 is 11.6 Å². The molecular formula is C12H17ClN2O2. The van der Waals surface area contributed by atoms with Gasteiger partial charge < -0.3 is 15.8 Å². The van der Waals surface area contributed by atoms with E-state index in [-0.39, 0.29) is 5.97 Å². The van der Waals surface area contributed by atoms with E-state index in [0.717, 1.165) is 5.69 Å². The van der Waals surface area contributed by atoms with Crippen molar-refractivity contribution < 1.29 is 9.53 Å². The maximum Gasteiger partial charge on any atom is 0.337 e. The normalized spacial score (nSPS) is 12.0. The fraction of sp³-hybridized carbons (Fsp3) is 0.417. The van der Waals surface area contributed by atoms with Crippen LogP contribution in [0.3, 0.4) is 0 Å². The van der Waals surface area contributed by atoms with Gasteiger partial charge in [-0.25, -0.2) is 4.79 Å². The number of rotatable bonds is 5. The van der Waals surface area contributed by atoms with Crippen LogP contribution in [0, 0.1) is 5.92 Å². The molecule has 1 unspecified atom stereocenters. The second-order valence-electron chi connectivity index (χ2n) is 3.91. The van der Waals surface area contributed by atoms with Crippen molar-refractivity contribution in [2.75, 3.05) is 25.5 Å². The van der Waals surface area contributed by atoms with Gasteiger partial charge in [0.2, 0.25) is 0 Å². The number of hydrogen-bond donors (Lipinski definition) is 2. The molecule has 0 bridgehead atoms. The summed E-state index contributed by atoms with van der Waals surface area (Å²) in [6.07, 6.45) is 0. The van der Waals surface area contributed by atoms with Gasteiger partial charge in [-0.15, -0.1) is 0 Å². The maximum atomic E-state index is 11.4. The van der Waals surface area contributed by atoms with Crippen LogP contribution in [0.2, 0.25) is 5.02 Å². The molecule has 1 rings (SSSR count). The molecule has 0 saturated carbocycles. The lowest BCUT2D eigenvalue weighted by molar-refractivity contribution is 0.0601. The second kappa shape index (κ2) is 6.47. The molecule has 0 saturated heterocycles. The number of carbonyl (C=O) groups is 1. The number of methoxy groups -OCH3 is 1. The highest BCUT2D eigenvalue weighted by Gasteiger charge is 2.09. The van der Waals surface area contributed by atoms with Crippen LogP contribution in [-0.4, -0.2) is 26.2 Å². The zero-order valence-corrected chi connectivity index (χ0v) is 10.8. The average molecular weight is 257 g/mol. The highest BCUT2D eigenvalue weighted by molar-refractivity contribution is 6.33. The minimum Gasteiger partial charge on any atom is -0.465 e. The van der Waals surface area contributed by atoms with Crippen LogP contribution in [0.15, 0.2) is 18.2 Å². The molecule has 0 spiro atoms. The largest absolute Gasteiger partial charge is 0.465 e. The van der Waals surface area contributed by atoms with Gasteiger partial charge in [0.15, 0.2) is 0 Å². The van der Waals surface area contributed by atoms with Gasteiger partial charge in [-0.1, -0.05) is 18.5 Å². The SMILES string of the molecule is COC(=O)c1ccc(Cl)c(NCC(C)CN)c1. The zero-order valence-electron chi connectivity index (χ0n) is 10.00. The molecule has 0 radical (unpaired) electrons. The van der Waals surface area contributed by atoms with E-state index in [1.165, 1.54) is 7.11 Å². The molecular weight excluding hydrogens is 240 g/mol. The fourth-order valence-corrected chi connectivity index (χ4v) is 1.46. The van der Waals surface area contributed by atoms with E-state index in [1.807, 2.05) is 6.92 Å².